The molecule has 7 nitrogen and oxygen atoms in total. The molecule has 1 unspecified atom stereocenters. The lowest BCUT2D eigenvalue weighted by molar-refractivity contribution is -0.0287. The summed E-state index contributed by atoms with van der Waals surface area (Å²) >= 11 is 12.1. The van der Waals surface area contributed by atoms with Gasteiger partial charge in [-0.05, 0) is 35.4 Å². The van der Waals surface area contributed by atoms with Crippen molar-refractivity contribution in [3.05, 3.63) is 69.2 Å². The minimum atomic E-state index is -0.411. The van der Waals surface area contributed by atoms with E-state index in [4.69, 9.17) is 32.7 Å². The van der Waals surface area contributed by atoms with E-state index in [0.717, 1.165) is 24.2 Å². The molecule has 2 aromatic rings. The van der Waals surface area contributed by atoms with E-state index >= 15 is 0 Å². The van der Waals surface area contributed by atoms with E-state index in [9.17, 15) is 9.59 Å². The molecule has 0 aromatic heterocycles. The number of urea groups is 1. The van der Waals surface area contributed by atoms with Gasteiger partial charge in [0, 0.05) is 32.7 Å². The summed E-state index contributed by atoms with van der Waals surface area (Å²) in [5.41, 5.74) is 2.33. The second-order valence-electron chi connectivity index (χ2n) is 7.23. The molecule has 0 radical (unpaired) electrons. The van der Waals surface area contributed by atoms with Crippen molar-refractivity contribution >= 4 is 35.2 Å². The Balaban J connectivity index is 1.42. The van der Waals surface area contributed by atoms with Gasteiger partial charge in [-0.3, -0.25) is 4.90 Å². The lowest BCUT2D eigenvalue weighted by Gasteiger charge is -2.33. The van der Waals surface area contributed by atoms with Crippen LogP contribution in [0.1, 0.15) is 21.5 Å². The molecule has 1 fully saturated rings. The van der Waals surface area contributed by atoms with E-state index in [-0.39, 0.29) is 12.1 Å². The second-order valence-corrected chi connectivity index (χ2v) is 8.05. The fraction of sp³-hybridized carbons (Fsp3) is 0.364. The minimum Gasteiger partial charge on any atom is -0.465 e. The maximum absolute atomic E-state index is 12.2. The van der Waals surface area contributed by atoms with Gasteiger partial charge in [0.25, 0.3) is 0 Å². The fourth-order valence-corrected chi connectivity index (χ4v) is 3.64. The summed E-state index contributed by atoms with van der Waals surface area (Å²) < 4.78 is 10.5. The molecule has 1 heterocycles. The van der Waals surface area contributed by atoms with E-state index in [2.05, 4.69) is 15.5 Å². The molecular formula is C22H25Cl2N3O4. The van der Waals surface area contributed by atoms with E-state index in [0.29, 0.717) is 41.8 Å². The third-order valence-corrected chi connectivity index (χ3v) is 5.64. The Kier molecular flexibility index (Phi) is 8.54. The Labute approximate surface area is 191 Å². The van der Waals surface area contributed by atoms with Gasteiger partial charge >= 0.3 is 12.0 Å². The van der Waals surface area contributed by atoms with Crippen molar-refractivity contribution in [3.8, 4) is 0 Å². The molecule has 1 saturated heterocycles. The molecule has 31 heavy (non-hydrogen) atoms. The maximum Gasteiger partial charge on any atom is 0.337 e. The van der Waals surface area contributed by atoms with Gasteiger partial charge < -0.3 is 20.1 Å². The number of rotatable bonds is 7. The minimum absolute atomic E-state index is 0.107. The highest BCUT2D eigenvalue weighted by Gasteiger charge is 2.21. The van der Waals surface area contributed by atoms with Crippen LogP contribution >= 0.6 is 23.2 Å². The van der Waals surface area contributed by atoms with Crippen LogP contribution in [0, 0.1) is 0 Å². The number of methoxy groups -OCH3 is 1. The second kappa shape index (κ2) is 11.3. The largest absolute Gasteiger partial charge is 0.465 e. The molecule has 0 spiro atoms. The molecule has 1 aliphatic rings. The van der Waals surface area contributed by atoms with Gasteiger partial charge in [-0.15, -0.1) is 0 Å². The number of nitrogens with zero attached hydrogens (tertiary/aromatic N) is 1. The first-order valence-corrected chi connectivity index (χ1v) is 10.7. The van der Waals surface area contributed by atoms with Crippen molar-refractivity contribution in [2.75, 3.05) is 33.4 Å². The summed E-state index contributed by atoms with van der Waals surface area (Å²) in [5, 5.41) is 6.71. The average molecular weight is 466 g/mol. The molecule has 9 heteroatoms. The van der Waals surface area contributed by atoms with Gasteiger partial charge in [0.15, 0.2) is 0 Å². The summed E-state index contributed by atoms with van der Waals surface area (Å²) in [6, 6.07) is 12.3. The molecule has 0 aliphatic carbocycles. The zero-order valence-corrected chi connectivity index (χ0v) is 18.7. The summed E-state index contributed by atoms with van der Waals surface area (Å²) in [7, 11) is 1.33. The van der Waals surface area contributed by atoms with Crippen LogP contribution in [0.25, 0.3) is 0 Å². The zero-order chi connectivity index (χ0) is 22.2. The van der Waals surface area contributed by atoms with E-state index in [1.54, 1.807) is 24.3 Å². The zero-order valence-electron chi connectivity index (χ0n) is 17.2. The highest BCUT2D eigenvalue weighted by molar-refractivity contribution is 6.42. The number of carbonyl (C=O) groups is 2. The van der Waals surface area contributed by atoms with Crippen molar-refractivity contribution in [1.82, 2.24) is 15.5 Å². The van der Waals surface area contributed by atoms with Crippen LogP contribution in [0.2, 0.25) is 10.0 Å². The van der Waals surface area contributed by atoms with E-state index in [1.807, 2.05) is 18.2 Å². The monoisotopic (exact) mass is 465 g/mol. The van der Waals surface area contributed by atoms with Crippen LogP contribution in [0.5, 0.6) is 0 Å². The van der Waals surface area contributed by atoms with Crippen molar-refractivity contribution in [2.45, 2.75) is 19.2 Å². The quantitative estimate of drug-likeness (QED) is 0.611. The summed E-state index contributed by atoms with van der Waals surface area (Å²) in [6.07, 6.45) is -0.107. The standard InChI is InChI=1S/C22H25Cl2N3O4/c1-30-21(28)17-4-2-3-15(9-17)11-25-22(29)26-12-18-14-27(7-8-31-18)13-16-5-6-19(23)20(24)10-16/h2-6,9-10,18H,7-8,11-14H2,1H3,(H2,25,26,29). The number of benzene rings is 2. The molecule has 2 aromatic carbocycles. The normalized spacial score (nSPS) is 16.5. The van der Waals surface area contributed by atoms with Gasteiger partial charge in [0.2, 0.25) is 0 Å². The Morgan fingerprint density at radius 1 is 1.13 bits per heavy atom. The first-order valence-electron chi connectivity index (χ1n) is 9.91. The SMILES string of the molecule is COC(=O)c1cccc(CNC(=O)NCC2CN(Cc3ccc(Cl)c(Cl)c3)CCO2)c1. The third-order valence-electron chi connectivity index (χ3n) is 4.90. The summed E-state index contributed by atoms with van der Waals surface area (Å²) in [5.74, 6) is -0.411. The van der Waals surface area contributed by atoms with E-state index < -0.39 is 5.97 Å². The van der Waals surface area contributed by atoms with Gasteiger partial charge in [-0.25, -0.2) is 9.59 Å². The van der Waals surface area contributed by atoms with Crippen LogP contribution in [0.3, 0.4) is 0 Å². The number of esters is 1. The molecule has 1 atom stereocenters. The number of hydrogen-bond acceptors (Lipinski definition) is 5. The maximum atomic E-state index is 12.2. The fourth-order valence-electron chi connectivity index (χ4n) is 3.32. The molecule has 2 amide bonds. The van der Waals surface area contributed by atoms with Crippen molar-refractivity contribution < 1.29 is 19.1 Å². The molecule has 0 bridgehead atoms. The van der Waals surface area contributed by atoms with Crippen LogP contribution < -0.4 is 10.6 Å². The predicted octanol–water partition coefficient (Wildman–Crippen LogP) is 3.48. The highest BCUT2D eigenvalue weighted by Crippen LogP contribution is 2.23. The van der Waals surface area contributed by atoms with Gasteiger partial charge in [0.1, 0.15) is 0 Å². The Hall–Kier alpha value is -2.32. The molecular weight excluding hydrogens is 441 g/mol. The van der Waals surface area contributed by atoms with Crippen LogP contribution in [-0.2, 0) is 22.6 Å². The lowest BCUT2D eigenvalue weighted by atomic mass is 10.1. The number of carbonyl (C=O) groups excluding carboxylic acids is 2. The Morgan fingerprint density at radius 2 is 1.97 bits per heavy atom. The number of halogens is 2. The number of hydrogen-bond donors (Lipinski definition) is 2. The van der Waals surface area contributed by atoms with Gasteiger partial charge in [-0.2, -0.15) is 0 Å². The predicted molar refractivity (Wildman–Crippen MR) is 119 cm³/mol. The average Bonchev–Trinajstić information content (AvgIpc) is 2.78. The molecule has 166 valence electrons. The van der Waals surface area contributed by atoms with Crippen molar-refractivity contribution in [3.63, 3.8) is 0 Å². The Bertz CT molecular complexity index is 925. The van der Waals surface area contributed by atoms with Crippen LogP contribution in [0.4, 0.5) is 4.79 Å². The molecule has 3 rings (SSSR count). The van der Waals surface area contributed by atoms with E-state index in [1.165, 1.54) is 7.11 Å². The summed E-state index contributed by atoms with van der Waals surface area (Å²) in [4.78, 5) is 26.0. The van der Waals surface area contributed by atoms with Crippen LogP contribution in [-0.4, -0.2) is 56.4 Å². The lowest BCUT2D eigenvalue weighted by Crippen LogP contribution is -2.48. The van der Waals surface area contributed by atoms with Gasteiger partial charge in [0.05, 0.1) is 35.4 Å². The van der Waals surface area contributed by atoms with Crippen molar-refractivity contribution in [1.29, 1.82) is 0 Å². The molecule has 0 saturated carbocycles. The number of morpholine rings is 1. The molecule has 1 aliphatic heterocycles. The Morgan fingerprint density at radius 3 is 2.74 bits per heavy atom. The van der Waals surface area contributed by atoms with Gasteiger partial charge in [-0.1, -0.05) is 41.4 Å². The molecule has 2 N–H and O–H groups in total. The van der Waals surface area contributed by atoms with Crippen molar-refractivity contribution in [2.24, 2.45) is 0 Å². The van der Waals surface area contributed by atoms with Crippen LogP contribution in [0.15, 0.2) is 42.5 Å². The first-order chi connectivity index (χ1) is 14.9. The summed E-state index contributed by atoms with van der Waals surface area (Å²) in [6.45, 7) is 3.52. The highest BCUT2D eigenvalue weighted by atomic mass is 35.5. The smallest absolute Gasteiger partial charge is 0.337 e. The third kappa shape index (κ3) is 7.11. The number of amides is 2. The number of ether oxygens (including phenoxy) is 2. The number of nitrogens with one attached hydrogen (secondary N) is 2. The topological polar surface area (TPSA) is 79.9 Å². The first kappa shape index (κ1) is 23.3.